The molecule has 3 N–H and O–H groups in total. The van der Waals surface area contributed by atoms with Crippen LogP contribution in [-0.2, 0) is 4.79 Å². The van der Waals surface area contributed by atoms with E-state index in [9.17, 15) is 4.79 Å². The number of hydrogen-bond acceptors (Lipinski definition) is 4. The molecular weight excluding hydrogens is 338 g/mol. The fourth-order valence-electron chi connectivity index (χ4n) is 1.91. The average Bonchev–Trinajstić information content (AvgIpc) is 2.46. The number of benzene rings is 1. The third kappa shape index (κ3) is 5.21. The molecule has 0 fully saturated rings. The zero-order valence-corrected chi connectivity index (χ0v) is 14.0. The molecule has 0 bridgehead atoms. The molecule has 0 saturated heterocycles. The molecule has 0 amide bonds. The number of carboxylic acids is 1. The lowest BCUT2D eigenvalue weighted by Gasteiger charge is -2.16. The van der Waals surface area contributed by atoms with E-state index in [2.05, 4.69) is 22.9 Å². The molecule has 118 valence electrons. The molecule has 1 aromatic carbocycles. The molecule has 1 rings (SSSR count). The van der Waals surface area contributed by atoms with Crippen molar-refractivity contribution in [1.82, 2.24) is 0 Å². The predicted octanol–water partition coefficient (Wildman–Crippen LogP) is 3.50. The summed E-state index contributed by atoms with van der Waals surface area (Å²) in [5.74, 6) is -0.0286. The minimum absolute atomic E-state index is 0.463. The van der Waals surface area contributed by atoms with Crippen molar-refractivity contribution in [3.8, 4) is 11.5 Å². The zero-order chi connectivity index (χ0) is 15.8. The molecule has 0 aliphatic carbocycles. The Morgan fingerprint density at radius 3 is 2.67 bits per heavy atom. The molecule has 5 nitrogen and oxygen atoms in total. The van der Waals surface area contributed by atoms with E-state index in [0.717, 1.165) is 12.8 Å². The summed E-state index contributed by atoms with van der Waals surface area (Å²) in [6.07, 6.45) is 4.46. The largest absolute Gasteiger partial charge is 0.493 e. The van der Waals surface area contributed by atoms with E-state index in [-0.39, 0.29) is 0 Å². The van der Waals surface area contributed by atoms with Gasteiger partial charge in [-0.3, -0.25) is 4.79 Å². The van der Waals surface area contributed by atoms with Gasteiger partial charge in [-0.1, -0.05) is 26.2 Å². The number of hydrogen-bond donors (Lipinski definition) is 2. The topological polar surface area (TPSA) is 81.8 Å². The maximum atomic E-state index is 11.0. The standard InChI is InChI=1S/C15H22BrNO4/c1-3-4-5-6-7-21-14-11(16)8-10(9-12(14)20-2)13(17)15(18)19/h8-9,13H,3-7,17H2,1-2H3,(H,18,19). The van der Waals surface area contributed by atoms with E-state index < -0.39 is 12.0 Å². The van der Waals surface area contributed by atoms with Crippen molar-refractivity contribution < 1.29 is 19.4 Å². The highest BCUT2D eigenvalue weighted by atomic mass is 79.9. The maximum absolute atomic E-state index is 11.0. The SMILES string of the molecule is CCCCCCOc1c(Br)cc(C(N)C(=O)O)cc1OC. The number of unbranched alkanes of at least 4 members (excludes halogenated alkanes) is 3. The van der Waals surface area contributed by atoms with E-state index in [1.165, 1.54) is 20.0 Å². The van der Waals surface area contributed by atoms with Crippen LogP contribution in [0.1, 0.15) is 44.2 Å². The third-order valence-electron chi connectivity index (χ3n) is 3.12. The van der Waals surface area contributed by atoms with Crippen LogP contribution in [0.25, 0.3) is 0 Å². The van der Waals surface area contributed by atoms with Crippen LogP contribution in [0.5, 0.6) is 11.5 Å². The van der Waals surface area contributed by atoms with Crippen LogP contribution in [0.3, 0.4) is 0 Å². The zero-order valence-electron chi connectivity index (χ0n) is 12.4. The Bertz CT molecular complexity index is 479. The number of rotatable bonds is 9. The van der Waals surface area contributed by atoms with Gasteiger partial charge in [-0.15, -0.1) is 0 Å². The molecule has 0 saturated carbocycles. The highest BCUT2D eigenvalue weighted by Crippen LogP contribution is 2.38. The Hall–Kier alpha value is -1.27. The predicted molar refractivity (Wildman–Crippen MR) is 84.9 cm³/mol. The van der Waals surface area contributed by atoms with Crippen molar-refractivity contribution in [2.24, 2.45) is 5.73 Å². The molecule has 0 spiro atoms. The first-order chi connectivity index (χ1) is 10.0. The van der Waals surface area contributed by atoms with Crippen molar-refractivity contribution in [3.05, 3.63) is 22.2 Å². The first kappa shape index (κ1) is 17.8. The number of aliphatic carboxylic acids is 1. The van der Waals surface area contributed by atoms with Gasteiger partial charge in [0.2, 0.25) is 0 Å². The monoisotopic (exact) mass is 359 g/mol. The molecular formula is C15H22BrNO4. The van der Waals surface area contributed by atoms with Gasteiger partial charge in [-0.05, 0) is 40.0 Å². The third-order valence-corrected chi connectivity index (χ3v) is 3.71. The highest BCUT2D eigenvalue weighted by molar-refractivity contribution is 9.10. The van der Waals surface area contributed by atoms with Crippen molar-refractivity contribution >= 4 is 21.9 Å². The normalized spacial score (nSPS) is 12.0. The van der Waals surface area contributed by atoms with E-state index in [4.69, 9.17) is 20.3 Å². The van der Waals surface area contributed by atoms with Gasteiger partial charge in [-0.25, -0.2) is 0 Å². The second-order valence-electron chi connectivity index (χ2n) is 4.76. The highest BCUT2D eigenvalue weighted by Gasteiger charge is 2.19. The lowest BCUT2D eigenvalue weighted by molar-refractivity contribution is -0.138. The average molecular weight is 360 g/mol. The molecule has 1 unspecified atom stereocenters. The van der Waals surface area contributed by atoms with Gasteiger partial charge >= 0.3 is 5.97 Å². The van der Waals surface area contributed by atoms with E-state index >= 15 is 0 Å². The fourth-order valence-corrected chi connectivity index (χ4v) is 2.48. The molecule has 21 heavy (non-hydrogen) atoms. The van der Waals surface area contributed by atoms with E-state index in [0.29, 0.717) is 28.1 Å². The Morgan fingerprint density at radius 1 is 1.38 bits per heavy atom. The lowest BCUT2D eigenvalue weighted by atomic mass is 10.1. The number of halogens is 1. The summed E-state index contributed by atoms with van der Waals surface area (Å²) < 4.78 is 11.7. The summed E-state index contributed by atoms with van der Waals surface area (Å²) in [7, 11) is 1.52. The van der Waals surface area contributed by atoms with E-state index in [1.807, 2.05) is 0 Å². The van der Waals surface area contributed by atoms with Gasteiger partial charge in [0.1, 0.15) is 6.04 Å². The van der Waals surface area contributed by atoms with Crippen molar-refractivity contribution in [2.45, 2.75) is 38.6 Å². The molecule has 0 radical (unpaired) electrons. The Morgan fingerprint density at radius 2 is 2.10 bits per heavy atom. The van der Waals surface area contributed by atoms with Crippen molar-refractivity contribution in [2.75, 3.05) is 13.7 Å². The van der Waals surface area contributed by atoms with Crippen LogP contribution < -0.4 is 15.2 Å². The number of carbonyl (C=O) groups is 1. The quantitative estimate of drug-likeness (QED) is 0.659. The second-order valence-corrected chi connectivity index (χ2v) is 5.61. The summed E-state index contributed by atoms with van der Waals surface area (Å²) >= 11 is 3.39. The molecule has 0 aliphatic rings. The Balaban J connectivity index is 2.82. The van der Waals surface area contributed by atoms with Gasteiger partial charge in [0.25, 0.3) is 0 Å². The first-order valence-electron chi connectivity index (χ1n) is 6.99. The summed E-state index contributed by atoms with van der Waals surface area (Å²) in [4.78, 5) is 11.0. The maximum Gasteiger partial charge on any atom is 0.325 e. The van der Waals surface area contributed by atoms with Crippen molar-refractivity contribution in [1.29, 1.82) is 0 Å². The molecule has 0 aromatic heterocycles. The van der Waals surface area contributed by atoms with Crippen LogP contribution in [0.2, 0.25) is 0 Å². The number of nitrogens with two attached hydrogens (primary N) is 1. The van der Waals surface area contributed by atoms with Crippen molar-refractivity contribution in [3.63, 3.8) is 0 Å². The smallest absolute Gasteiger partial charge is 0.325 e. The first-order valence-corrected chi connectivity index (χ1v) is 7.79. The van der Waals surface area contributed by atoms with Crippen LogP contribution in [0, 0.1) is 0 Å². The minimum atomic E-state index is -1.09. The van der Waals surface area contributed by atoms with Gasteiger partial charge in [0.05, 0.1) is 18.2 Å². The summed E-state index contributed by atoms with van der Waals surface area (Å²) in [6, 6.07) is 2.17. The van der Waals surface area contributed by atoms with Gasteiger partial charge in [0, 0.05) is 0 Å². The summed E-state index contributed by atoms with van der Waals surface area (Å²) in [5.41, 5.74) is 6.08. The number of ether oxygens (including phenoxy) is 2. The van der Waals surface area contributed by atoms with Gasteiger partial charge < -0.3 is 20.3 Å². The van der Waals surface area contributed by atoms with Crippen LogP contribution in [-0.4, -0.2) is 24.8 Å². The molecule has 0 aliphatic heterocycles. The van der Waals surface area contributed by atoms with E-state index in [1.54, 1.807) is 12.1 Å². The van der Waals surface area contributed by atoms with Gasteiger partial charge in [-0.2, -0.15) is 0 Å². The lowest BCUT2D eigenvalue weighted by Crippen LogP contribution is -2.20. The molecule has 0 heterocycles. The van der Waals surface area contributed by atoms with Gasteiger partial charge in [0.15, 0.2) is 11.5 Å². The molecule has 1 atom stereocenters. The van der Waals surface area contributed by atoms with Crippen LogP contribution >= 0.6 is 15.9 Å². The van der Waals surface area contributed by atoms with Crippen LogP contribution in [0.4, 0.5) is 0 Å². The summed E-state index contributed by atoms with van der Waals surface area (Å²) in [6.45, 7) is 2.75. The Kier molecular flexibility index (Phi) is 7.53. The Labute approximate surface area is 133 Å². The number of carboxylic acid groups (broad SMARTS) is 1. The molecule has 1 aromatic rings. The van der Waals surface area contributed by atoms with Crippen LogP contribution in [0.15, 0.2) is 16.6 Å². The molecule has 6 heteroatoms. The fraction of sp³-hybridized carbons (Fsp3) is 0.533. The second kappa shape index (κ2) is 8.89. The number of methoxy groups -OCH3 is 1. The minimum Gasteiger partial charge on any atom is -0.493 e. The summed E-state index contributed by atoms with van der Waals surface area (Å²) in [5, 5.41) is 8.97.